The van der Waals surface area contributed by atoms with Crippen LogP contribution in [0, 0.1) is 6.92 Å². The molecule has 3 aromatic rings. The van der Waals surface area contributed by atoms with Gasteiger partial charge in [0.2, 0.25) is 0 Å². The van der Waals surface area contributed by atoms with Gasteiger partial charge in [-0.2, -0.15) is 0 Å². The molecule has 3 unspecified atom stereocenters. The van der Waals surface area contributed by atoms with Crippen LogP contribution in [0.5, 0.6) is 0 Å². The smallest absolute Gasteiger partial charge is 0.268 e. The number of methoxy groups -OCH3 is 3. The first-order valence-electron chi connectivity index (χ1n) is 18.2. The number of nitrogens with one attached hydrogen (secondary N) is 1. The maximum Gasteiger partial charge on any atom is 0.268 e. The highest BCUT2D eigenvalue weighted by Crippen LogP contribution is 2.50. The second-order valence-corrected chi connectivity index (χ2v) is 14.4. The number of carbonyl (C=O) groups is 5. The number of aliphatic hydroxyl groups excluding tert-OH is 1. The molecule has 0 bridgehead atoms. The van der Waals surface area contributed by atoms with Crippen LogP contribution in [-0.4, -0.2) is 103 Å². The van der Waals surface area contributed by atoms with Crippen molar-refractivity contribution in [2.45, 2.75) is 81.7 Å². The molecule has 0 saturated carbocycles. The summed E-state index contributed by atoms with van der Waals surface area (Å²) in [7, 11) is 4.33. The molecule has 282 valence electrons. The van der Waals surface area contributed by atoms with E-state index in [2.05, 4.69) is 5.43 Å². The predicted octanol–water partition coefficient (Wildman–Crippen LogP) is 4.14. The molecule has 3 aliphatic carbocycles. The lowest BCUT2D eigenvalue weighted by Crippen LogP contribution is -2.65. The lowest BCUT2D eigenvalue weighted by atomic mass is 9.61. The van der Waals surface area contributed by atoms with E-state index in [-0.39, 0.29) is 35.2 Å². The monoisotopic (exact) mass is 736 g/mol. The molecule has 1 aliphatic heterocycles. The summed E-state index contributed by atoms with van der Waals surface area (Å²) in [6, 6.07) is 16.1. The molecule has 1 amide bonds. The normalized spacial score (nSPS) is 27.2. The molecule has 12 nitrogen and oxygen atoms in total. The van der Waals surface area contributed by atoms with Gasteiger partial charge in [0.15, 0.2) is 29.4 Å². The Labute approximate surface area is 313 Å². The fraction of sp³-hybridized carbons (Fsp3) is 0.405. The molecular weight excluding hydrogens is 692 g/mol. The van der Waals surface area contributed by atoms with Crippen molar-refractivity contribution in [3.8, 4) is 0 Å². The van der Waals surface area contributed by atoms with Gasteiger partial charge in [-0.25, -0.2) is 5.43 Å². The average Bonchev–Trinajstić information content (AvgIpc) is 3.17. The maximum atomic E-state index is 14.7. The highest BCUT2D eigenvalue weighted by Gasteiger charge is 2.57. The van der Waals surface area contributed by atoms with Crippen LogP contribution in [0.2, 0.25) is 0 Å². The number of aliphatic hydroxyl groups is 1. The van der Waals surface area contributed by atoms with E-state index in [0.717, 1.165) is 23.3 Å². The fourth-order valence-corrected chi connectivity index (χ4v) is 8.58. The Morgan fingerprint density at radius 3 is 2.24 bits per heavy atom. The second kappa shape index (κ2) is 14.9. The van der Waals surface area contributed by atoms with E-state index >= 15 is 0 Å². The van der Waals surface area contributed by atoms with Crippen molar-refractivity contribution in [3.63, 3.8) is 0 Å². The largest absolute Gasteiger partial charge is 0.387 e. The molecule has 54 heavy (non-hydrogen) atoms. The van der Waals surface area contributed by atoms with Crippen LogP contribution in [0.15, 0.2) is 66.7 Å². The molecule has 1 fully saturated rings. The molecule has 3 aromatic carbocycles. The molecule has 12 heteroatoms. The average molecular weight is 737 g/mol. The van der Waals surface area contributed by atoms with Crippen molar-refractivity contribution in [3.05, 3.63) is 117 Å². The van der Waals surface area contributed by atoms with E-state index < -0.39 is 71.2 Å². The van der Waals surface area contributed by atoms with Gasteiger partial charge in [0.1, 0.15) is 23.9 Å². The third kappa shape index (κ3) is 6.26. The fourth-order valence-electron chi connectivity index (χ4n) is 8.58. The number of amides is 1. The van der Waals surface area contributed by atoms with Crippen molar-refractivity contribution in [2.24, 2.45) is 0 Å². The Kier molecular flexibility index (Phi) is 10.4. The minimum absolute atomic E-state index is 0.0421. The van der Waals surface area contributed by atoms with E-state index in [1.807, 2.05) is 43.3 Å². The zero-order chi connectivity index (χ0) is 38.5. The van der Waals surface area contributed by atoms with Crippen LogP contribution < -0.4 is 5.43 Å². The molecular formula is C42H44N2O10. The van der Waals surface area contributed by atoms with Gasteiger partial charge >= 0.3 is 0 Å². The first-order chi connectivity index (χ1) is 25.9. The number of carbonyl (C=O) groups excluding carboxylic acids is 5. The Balaban J connectivity index is 1.27. The van der Waals surface area contributed by atoms with Crippen LogP contribution in [0.25, 0.3) is 0 Å². The van der Waals surface area contributed by atoms with Crippen LogP contribution in [0.1, 0.15) is 99.7 Å². The van der Waals surface area contributed by atoms with Crippen molar-refractivity contribution in [1.82, 2.24) is 10.4 Å². The second-order valence-electron chi connectivity index (χ2n) is 14.4. The van der Waals surface area contributed by atoms with Gasteiger partial charge in [0.05, 0.1) is 12.0 Å². The number of allylic oxidation sites excluding steroid dienone is 2. The number of ketones is 4. The van der Waals surface area contributed by atoms with E-state index in [1.54, 1.807) is 13.0 Å². The van der Waals surface area contributed by atoms with Crippen molar-refractivity contribution in [1.29, 1.82) is 0 Å². The number of fused-ring (bicyclic) bond motifs is 5. The first-order valence-corrected chi connectivity index (χ1v) is 18.2. The molecule has 0 spiro atoms. The molecule has 1 heterocycles. The summed E-state index contributed by atoms with van der Waals surface area (Å²) in [6.07, 6.45) is 0.147. The van der Waals surface area contributed by atoms with E-state index in [9.17, 15) is 29.1 Å². The van der Waals surface area contributed by atoms with Crippen LogP contribution in [-0.2, 0) is 31.8 Å². The van der Waals surface area contributed by atoms with E-state index in [4.69, 9.17) is 18.9 Å². The first kappa shape index (κ1) is 37.6. The van der Waals surface area contributed by atoms with Gasteiger partial charge in [-0.05, 0) is 92.1 Å². The Morgan fingerprint density at radius 1 is 0.926 bits per heavy atom. The lowest BCUT2D eigenvalue weighted by molar-refractivity contribution is -0.246. The molecule has 7 rings (SSSR count). The van der Waals surface area contributed by atoms with Crippen LogP contribution >= 0.6 is 0 Å². The van der Waals surface area contributed by atoms with Gasteiger partial charge in [-0.1, -0.05) is 36.4 Å². The third-order valence-corrected chi connectivity index (χ3v) is 11.4. The zero-order valence-corrected chi connectivity index (χ0v) is 30.9. The van der Waals surface area contributed by atoms with Crippen molar-refractivity contribution in [2.75, 3.05) is 27.9 Å². The lowest BCUT2D eigenvalue weighted by Gasteiger charge is -2.45. The molecule has 1 saturated heterocycles. The molecule has 0 radical (unpaired) electrons. The number of benzene rings is 3. The van der Waals surface area contributed by atoms with Gasteiger partial charge in [0, 0.05) is 55.7 Å². The Morgan fingerprint density at radius 2 is 1.59 bits per heavy atom. The third-order valence-electron chi connectivity index (χ3n) is 11.4. The summed E-state index contributed by atoms with van der Waals surface area (Å²) < 4.78 is 23.3. The predicted molar refractivity (Wildman–Crippen MR) is 196 cm³/mol. The number of hydrogen-bond acceptors (Lipinski definition) is 11. The topological polar surface area (TPSA) is 158 Å². The minimum atomic E-state index is -1.59. The Bertz CT molecular complexity index is 2060. The summed E-state index contributed by atoms with van der Waals surface area (Å²) >= 11 is 0. The summed E-state index contributed by atoms with van der Waals surface area (Å²) in [4.78, 5) is 69.3. The molecule has 4 aliphatic rings. The number of aryl methyl sites for hydroxylation is 3. The quantitative estimate of drug-likeness (QED) is 0.289. The van der Waals surface area contributed by atoms with E-state index in [0.29, 0.717) is 36.0 Å². The highest BCUT2D eigenvalue weighted by atomic mass is 16.6. The molecule has 2 N–H and O–H groups in total. The maximum absolute atomic E-state index is 14.7. The zero-order valence-electron chi connectivity index (χ0n) is 30.9. The Hall–Kier alpha value is -4.69. The number of hydrazine groups is 1. The van der Waals surface area contributed by atoms with Crippen LogP contribution in [0.4, 0.5) is 0 Å². The van der Waals surface area contributed by atoms with Crippen molar-refractivity contribution < 1.29 is 48.0 Å². The number of rotatable bonds is 10. The van der Waals surface area contributed by atoms with Crippen molar-refractivity contribution >= 4 is 29.0 Å². The number of nitrogens with zero attached hydrogens (tertiary/aromatic N) is 1. The van der Waals surface area contributed by atoms with Crippen LogP contribution in [0.3, 0.4) is 0 Å². The van der Waals surface area contributed by atoms with E-state index in [1.165, 1.54) is 38.5 Å². The summed E-state index contributed by atoms with van der Waals surface area (Å²) in [6.45, 7) is 3.85. The number of hydrogen-bond donors (Lipinski definition) is 2. The minimum Gasteiger partial charge on any atom is -0.387 e. The van der Waals surface area contributed by atoms with Gasteiger partial charge in [0.25, 0.3) is 5.91 Å². The summed E-state index contributed by atoms with van der Waals surface area (Å²) in [5, 5.41) is 12.6. The number of ether oxygens (including phenoxy) is 4. The molecule has 0 aromatic heterocycles. The SMILES string of the molecule is CO[C@@H]1[C@@H](O)[C@@H](OC)C(NN(CCCc2ccccc2)C(=O)c2cc3c(cc2C)CCC2(OC)C(=O)c4cc5c(cc4C(=O)C32)C(=O)C=CC5=O)O[C@H]1C. The number of Topliss-reactive ketones (excluding diaryl/α,β-unsaturated/α-hetero) is 2. The van der Waals surface area contributed by atoms with Gasteiger partial charge < -0.3 is 24.1 Å². The molecule has 7 atom stereocenters. The summed E-state index contributed by atoms with van der Waals surface area (Å²) in [5.41, 5.74) is 5.20. The standard InChI is InChI=1S/C42H44N2O10/c1-22-18-25-15-16-42(53-5)34(35(47)30-20-28-29(21-31(30)39(42)49)33(46)14-13-32(28)45)27(25)19-26(22)41(50)44(17-9-12-24-10-7-6-8-11-24)43-40-38(52-4)36(48)37(51-3)23(2)54-40/h6-8,10-11,13-14,18-21,23,34,36-38,40,43,48H,9,12,15-17H2,1-5H3/t23-,34?,36+,37-,38+,40?,42?/m0/s1. The highest BCUT2D eigenvalue weighted by molar-refractivity contribution is 6.27. The van der Waals surface area contributed by atoms with Gasteiger partial charge in [-0.15, -0.1) is 0 Å². The van der Waals surface area contributed by atoms with Gasteiger partial charge in [-0.3, -0.25) is 29.0 Å². The summed E-state index contributed by atoms with van der Waals surface area (Å²) in [5.74, 6) is -3.25.